The van der Waals surface area contributed by atoms with Crippen molar-refractivity contribution < 1.29 is 13.9 Å². The summed E-state index contributed by atoms with van der Waals surface area (Å²) in [6.45, 7) is 7.01. The summed E-state index contributed by atoms with van der Waals surface area (Å²) in [5.74, 6) is 0.221. The fourth-order valence-corrected chi connectivity index (χ4v) is 2.84. The van der Waals surface area contributed by atoms with E-state index >= 15 is 0 Å². The van der Waals surface area contributed by atoms with Gasteiger partial charge in [0.25, 0.3) is 5.91 Å². The number of rotatable bonds is 7. The van der Waals surface area contributed by atoms with Gasteiger partial charge in [-0.25, -0.2) is 4.79 Å². The molecule has 1 amide bonds. The molecule has 1 aromatic carbocycles. The van der Waals surface area contributed by atoms with Crippen LogP contribution in [0.4, 0.5) is 0 Å². The molecule has 0 bridgehead atoms. The van der Waals surface area contributed by atoms with E-state index in [1.54, 1.807) is 17.0 Å². The van der Waals surface area contributed by atoms with E-state index in [9.17, 15) is 9.59 Å². The Hall–Kier alpha value is -2.01. The Morgan fingerprint density at radius 1 is 1.21 bits per heavy atom. The molecule has 24 heavy (non-hydrogen) atoms. The van der Waals surface area contributed by atoms with Crippen molar-refractivity contribution in [2.75, 3.05) is 19.7 Å². The minimum absolute atomic E-state index is 0.105. The van der Waals surface area contributed by atoms with Crippen LogP contribution >= 0.6 is 11.6 Å². The number of ether oxygens (including phenoxy) is 1. The van der Waals surface area contributed by atoms with Gasteiger partial charge in [-0.15, -0.1) is 0 Å². The van der Waals surface area contributed by atoms with Crippen LogP contribution in [0.3, 0.4) is 0 Å². The van der Waals surface area contributed by atoms with Crippen LogP contribution in [-0.2, 0) is 11.2 Å². The Labute approximate surface area is 146 Å². The van der Waals surface area contributed by atoms with Gasteiger partial charge in [0.05, 0.1) is 5.02 Å². The molecule has 0 saturated carbocycles. The van der Waals surface area contributed by atoms with Crippen LogP contribution in [0.5, 0.6) is 5.75 Å². The number of fused-ring (bicyclic) bond motifs is 1. The first-order valence-corrected chi connectivity index (χ1v) is 8.54. The molecule has 0 spiro atoms. The third-order valence-corrected chi connectivity index (χ3v) is 4.16. The molecule has 0 atom stereocenters. The van der Waals surface area contributed by atoms with Crippen LogP contribution in [0.15, 0.2) is 27.4 Å². The fourth-order valence-electron chi connectivity index (χ4n) is 2.62. The van der Waals surface area contributed by atoms with Crippen molar-refractivity contribution in [2.45, 2.75) is 33.6 Å². The summed E-state index contributed by atoms with van der Waals surface area (Å²) in [6, 6.07) is 4.79. The molecule has 0 radical (unpaired) electrons. The van der Waals surface area contributed by atoms with Crippen molar-refractivity contribution in [2.24, 2.45) is 0 Å². The zero-order valence-corrected chi connectivity index (χ0v) is 15.0. The van der Waals surface area contributed by atoms with Gasteiger partial charge in [0.1, 0.15) is 11.3 Å². The molecule has 1 aromatic heterocycles. The molecular formula is C18H22ClNO4. The number of benzene rings is 1. The highest BCUT2D eigenvalue weighted by molar-refractivity contribution is 6.32. The first-order chi connectivity index (χ1) is 11.5. The first-order valence-electron chi connectivity index (χ1n) is 8.16. The van der Waals surface area contributed by atoms with E-state index in [1.165, 1.54) is 6.07 Å². The number of carbonyl (C=O) groups is 1. The zero-order chi connectivity index (χ0) is 17.7. The number of halogens is 1. The molecule has 0 unspecified atom stereocenters. The molecule has 5 nitrogen and oxygen atoms in total. The van der Waals surface area contributed by atoms with Crippen LogP contribution in [0, 0.1) is 0 Å². The van der Waals surface area contributed by atoms with Gasteiger partial charge in [-0.3, -0.25) is 4.79 Å². The summed E-state index contributed by atoms with van der Waals surface area (Å²) in [7, 11) is 0. The largest absolute Gasteiger partial charge is 0.482 e. The second-order valence-electron chi connectivity index (χ2n) is 5.47. The number of nitrogens with zero attached hydrogens (tertiary/aromatic N) is 1. The van der Waals surface area contributed by atoms with Gasteiger partial charge in [-0.05, 0) is 31.9 Å². The van der Waals surface area contributed by atoms with Gasteiger partial charge in [-0.2, -0.15) is 0 Å². The molecule has 6 heteroatoms. The minimum Gasteiger partial charge on any atom is -0.482 e. The molecule has 0 aliphatic heterocycles. The van der Waals surface area contributed by atoms with Crippen molar-refractivity contribution in [1.82, 2.24) is 4.90 Å². The molecular weight excluding hydrogens is 330 g/mol. The molecule has 0 saturated heterocycles. The zero-order valence-electron chi connectivity index (χ0n) is 14.2. The summed E-state index contributed by atoms with van der Waals surface area (Å²) in [4.78, 5) is 25.4. The van der Waals surface area contributed by atoms with Crippen molar-refractivity contribution in [3.63, 3.8) is 0 Å². The van der Waals surface area contributed by atoms with Crippen LogP contribution in [0.1, 0.15) is 32.8 Å². The summed E-state index contributed by atoms with van der Waals surface area (Å²) in [6.07, 6.45) is 1.67. The van der Waals surface area contributed by atoms with E-state index in [0.717, 1.165) is 23.8 Å². The summed E-state index contributed by atoms with van der Waals surface area (Å²) >= 11 is 6.28. The highest BCUT2D eigenvalue weighted by atomic mass is 35.5. The Morgan fingerprint density at radius 3 is 2.54 bits per heavy atom. The van der Waals surface area contributed by atoms with Gasteiger partial charge in [-0.1, -0.05) is 24.9 Å². The topological polar surface area (TPSA) is 59.8 Å². The maximum Gasteiger partial charge on any atom is 0.336 e. The number of amides is 1. The lowest BCUT2D eigenvalue weighted by atomic mass is 10.1. The van der Waals surface area contributed by atoms with Gasteiger partial charge in [0.2, 0.25) is 0 Å². The van der Waals surface area contributed by atoms with E-state index in [4.69, 9.17) is 20.8 Å². The average Bonchev–Trinajstić information content (AvgIpc) is 2.55. The predicted octanol–water partition coefficient (Wildman–Crippen LogP) is 3.65. The monoisotopic (exact) mass is 351 g/mol. The van der Waals surface area contributed by atoms with Crippen molar-refractivity contribution in [3.05, 3.63) is 39.2 Å². The Balaban J connectivity index is 2.30. The lowest BCUT2D eigenvalue weighted by Gasteiger charge is -2.19. The normalized spacial score (nSPS) is 10.8. The van der Waals surface area contributed by atoms with Crippen LogP contribution in [-0.4, -0.2) is 30.5 Å². The number of hydrogen-bond donors (Lipinski definition) is 0. The van der Waals surface area contributed by atoms with Gasteiger partial charge >= 0.3 is 5.63 Å². The quantitative estimate of drug-likeness (QED) is 0.714. The van der Waals surface area contributed by atoms with Gasteiger partial charge in [0, 0.05) is 30.6 Å². The van der Waals surface area contributed by atoms with E-state index in [0.29, 0.717) is 29.4 Å². The SMILES string of the molecule is CCCc1cc(=O)oc2cc(OCC(=O)N(CC)CC)c(Cl)cc12. The maximum absolute atomic E-state index is 12.0. The number of likely N-dealkylation sites (N-methyl/N-ethyl adjacent to an activating group) is 1. The number of aryl methyl sites for hydroxylation is 1. The summed E-state index contributed by atoms with van der Waals surface area (Å²) < 4.78 is 10.8. The highest BCUT2D eigenvalue weighted by Gasteiger charge is 2.14. The summed E-state index contributed by atoms with van der Waals surface area (Å²) in [5.41, 5.74) is 0.912. The second-order valence-corrected chi connectivity index (χ2v) is 5.88. The summed E-state index contributed by atoms with van der Waals surface area (Å²) in [5, 5.41) is 1.19. The van der Waals surface area contributed by atoms with E-state index < -0.39 is 5.63 Å². The Morgan fingerprint density at radius 2 is 1.92 bits per heavy atom. The molecule has 0 aliphatic rings. The average molecular weight is 352 g/mol. The van der Waals surface area contributed by atoms with Crippen molar-refractivity contribution >= 4 is 28.5 Å². The third-order valence-electron chi connectivity index (χ3n) is 3.87. The molecule has 130 valence electrons. The van der Waals surface area contributed by atoms with Crippen molar-refractivity contribution in [3.8, 4) is 5.75 Å². The standard InChI is InChI=1S/C18H22ClNO4/c1-4-7-12-8-18(22)24-15-10-16(14(19)9-13(12)15)23-11-17(21)20(5-2)6-3/h8-10H,4-7,11H2,1-3H3. The Kier molecular flexibility index (Phi) is 6.26. The van der Waals surface area contributed by atoms with Crippen LogP contribution in [0.2, 0.25) is 5.02 Å². The smallest absolute Gasteiger partial charge is 0.336 e. The van der Waals surface area contributed by atoms with Gasteiger partial charge in [0.15, 0.2) is 6.61 Å². The van der Waals surface area contributed by atoms with E-state index in [1.807, 2.05) is 20.8 Å². The lowest BCUT2D eigenvalue weighted by Crippen LogP contribution is -2.34. The van der Waals surface area contributed by atoms with Crippen LogP contribution < -0.4 is 10.4 Å². The predicted molar refractivity (Wildman–Crippen MR) is 94.9 cm³/mol. The maximum atomic E-state index is 12.0. The number of carbonyl (C=O) groups excluding carboxylic acids is 1. The van der Waals surface area contributed by atoms with Crippen molar-refractivity contribution in [1.29, 1.82) is 0 Å². The highest BCUT2D eigenvalue weighted by Crippen LogP contribution is 2.31. The Bertz CT molecular complexity index is 780. The molecule has 0 fully saturated rings. The van der Waals surface area contributed by atoms with E-state index in [-0.39, 0.29) is 12.5 Å². The first kappa shape index (κ1) is 18.3. The molecule has 0 N–H and O–H groups in total. The lowest BCUT2D eigenvalue weighted by molar-refractivity contribution is -0.132. The third kappa shape index (κ3) is 4.09. The van der Waals surface area contributed by atoms with E-state index in [2.05, 4.69) is 0 Å². The molecule has 2 rings (SSSR count). The molecule has 2 aromatic rings. The number of hydrogen-bond acceptors (Lipinski definition) is 4. The van der Waals surface area contributed by atoms with Gasteiger partial charge < -0.3 is 14.1 Å². The molecule has 0 aliphatic carbocycles. The molecule has 1 heterocycles. The second kappa shape index (κ2) is 8.20. The fraction of sp³-hybridized carbons (Fsp3) is 0.444. The minimum atomic E-state index is -0.404. The van der Waals surface area contributed by atoms with Crippen LogP contribution in [0.25, 0.3) is 11.0 Å².